The van der Waals surface area contributed by atoms with Gasteiger partial charge >= 0.3 is 0 Å². The van der Waals surface area contributed by atoms with E-state index in [0.717, 1.165) is 21.6 Å². The Morgan fingerprint density at radius 3 is 1.81 bits per heavy atom. The third kappa shape index (κ3) is 7.26. The molecule has 3 aromatic carbocycles. The molecule has 0 saturated carbocycles. The standard InChI is InChI=1S/C32H38NO2P/c1-31(2,3)22-21-25(29(34)23-32(4,5)6)24-33-28-19-13-14-20-30(28)36(35,26-15-9-7-10-16-26)27-17-11-8-12-18-27/h7-22,24,35H,23H2,1-6H3/p+1/b22-21+. The van der Waals surface area contributed by atoms with Gasteiger partial charge in [0.15, 0.2) is 11.1 Å². The molecule has 0 aromatic heterocycles. The van der Waals surface area contributed by atoms with Crippen molar-refractivity contribution in [3.05, 3.63) is 109 Å². The second-order valence-electron chi connectivity index (χ2n) is 11.4. The summed E-state index contributed by atoms with van der Waals surface area (Å²) in [6.07, 6.45) is 6.21. The normalized spacial score (nSPS) is 13.1. The Bertz CT molecular complexity index is 1180. The van der Waals surface area contributed by atoms with Crippen molar-refractivity contribution in [2.75, 3.05) is 5.32 Å². The zero-order valence-electron chi connectivity index (χ0n) is 22.3. The van der Waals surface area contributed by atoms with E-state index in [9.17, 15) is 9.69 Å². The lowest BCUT2D eigenvalue weighted by molar-refractivity contribution is -0.116. The van der Waals surface area contributed by atoms with Crippen molar-refractivity contribution >= 4 is 34.9 Å². The highest BCUT2D eigenvalue weighted by molar-refractivity contribution is 7.91. The lowest BCUT2D eigenvalue weighted by Crippen LogP contribution is -2.32. The van der Waals surface area contributed by atoms with E-state index in [1.54, 1.807) is 6.20 Å². The minimum Gasteiger partial charge on any atom is -0.358 e. The van der Waals surface area contributed by atoms with E-state index in [0.29, 0.717) is 12.0 Å². The number of allylic oxidation sites excluding steroid dienone is 3. The molecule has 0 aliphatic heterocycles. The molecule has 3 rings (SSSR count). The Morgan fingerprint density at radius 2 is 1.31 bits per heavy atom. The SMILES string of the molecule is CC(C)(C)/C=C/C(=CNc1ccccc1[P+](O)(c1ccccc1)c1ccccc1)C(=O)CC(C)(C)C. The Labute approximate surface area is 217 Å². The summed E-state index contributed by atoms with van der Waals surface area (Å²) in [5.74, 6) is 0.0872. The van der Waals surface area contributed by atoms with Gasteiger partial charge in [0.05, 0.1) is 5.69 Å². The quantitative estimate of drug-likeness (QED) is 0.203. The Kier molecular flexibility index (Phi) is 8.71. The monoisotopic (exact) mass is 500 g/mol. The molecule has 0 heterocycles. The molecule has 2 N–H and O–H groups in total. The lowest BCUT2D eigenvalue weighted by atomic mass is 9.87. The van der Waals surface area contributed by atoms with E-state index in [1.165, 1.54) is 0 Å². The van der Waals surface area contributed by atoms with Crippen molar-refractivity contribution in [1.82, 2.24) is 0 Å². The van der Waals surface area contributed by atoms with E-state index in [2.05, 4.69) is 52.9 Å². The van der Waals surface area contributed by atoms with Crippen LogP contribution in [0.15, 0.2) is 109 Å². The summed E-state index contributed by atoms with van der Waals surface area (Å²) in [4.78, 5) is 25.6. The summed E-state index contributed by atoms with van der Waals surface area (Å²) < 4.78 is 0. The van der Waals surface area contributed by atoms with Crippen molar-refractivity contribution in [1.29, 1.82) is 0 Å². The molecule has 0 atom stereocenters. The number of ketones is 1. The highest BCUT2D eigenvalue weighted by Crippen LogP contribution is 2.52. The lowest BCUT2D eigenvalue weighted by Gasteiger charge is -2.22. The molecule has 0 bridgehead atoms. The van der Waals surface area contributed by atoms with E-state index < -0.39 is 7.49 Å². The number of anilines is 1. The Morgan fingerprint density at radius 1 is 0.806 bits per heavy atom. The van der Waals surface area contributed by atoms with E-state index in [1.807, 2.05) is 91.0 Å². The van der Waals surface area contributed by atoms with Crippen LogP contribution in [0, 0.1) is 10.8 Å². The van der Waals surface area contributed by atoms with Gasteiger partial charge in [-0.3, -0.25) is 4.79 Å². The molecule has 0 aliphatic carbocycles. The number of Topliss-reactive ketones (excluding diaryl/α,β-unsaturated/α-hetero) is 1. The number of carbonyl (C=O) groups is 1. The second-order valence-corrected chi connectivity index (χ2v) is 14.2. The summed E-state index contributed by atoms with van der Waals surface area (Å²) in [5.41, 5.74) is 1.24. The summed E-state index contributed by atoms with van der Waals surface area (Å²) in [5, 5.41) is 5.98. The average molecular weight is 501 g/mol. The third-order valence-electron chi connectivity index (χ3n) is 5.67. The fourth-order valence-electron chi connectivity index (χ4n) is 3.89. The van der Waals surface area contributed by atoms with E-state index in [4.69, 9.17) is 0 Å². The zero-order valence-corrected chi connectivity index (χ0v) is 23.2. The van der Waals surface area contributed by atoms with Crippen molar-refractivity contribution in [2.45, 2.75) is 48.0 Å². The minimum atomic E-state index is -2.92. The van der Waals surface area contributed by atoms with Crippen molar-refractivity contribution in [2.24, 2.45) is 10.8 Å². The smallest absolute Gasteiger partial charge is 0.240 e. The fourth-order valence-corrected chi connectivity index (χ4v) is 6.74. The van der Waals surface area contributed by atoms with Crippen LogP contribution in [0.1, 0.15) is 48.0 Å². The molecular weight excluding hydrogens is 461 g/mol. The number of rotatable bonds is 8. The van der Waals surface area contributed by atoms with Crippen molar-refractivity contribution in [3.8, 4) is 0 Å². The third-order valence-corrected chi connectivity index (χ3v) is 8.85. The van der Waals surface area contributed by atoms with Crippen molar-refractivity contribution in [3.63, 3.8) is 0 Å². The van der Waals surface area contributed by atoms with Gasteiger partial charge < -0.3 is 5.32 Å². The minimum absolute atomic E-state index is 0.0502. The number of carbonyl (C=O) groups excluding carboxylic acids is 1. The number of benzene rings is 3. The number of hydrogen-bond acceptors (Lipinski definition) is 3. The molecule has 4 heteroatoms. The van der Waals surface area contributed by atoms with Gasteiger partial charge in [-0.05, 0) is 47.2 Å². The van der Waals surface area contributed by atoms with Crippen molar-refractivity contribution < 1.29 is 9.69 Å². The predicted octanol–water partition coefficient (Wildman–Crippen LogP) is 6.79. The van der Waals surface area contributed by atoms with Crippen LogP contribution < -0.4 is 21.2 Å². The number of nitrogens with one attached hydrogen (secondary N) is 1. The van der Waals surface area contributed by atoms with Crippen LogP contribution in [0.25, 0.3) is 0 Å². The van der Waals surface area contributed by atoms with Crippen LogP contribution >= 0.6 is 7.49 Å². The van der Waals surface area contributed by atoms with Gasteiger partial charge in [0, 0.05) is 18.2 Å². The zero-order chi connectivity index (χ0) is 26.4. The molecule has 3 nitrogen and oxygen atoms in total. The first kappa shape index (κ1) is 27.6. The predicted molar refractivity (Wildman–Crippen MR) is 157 cm³/mol. The molecule has 0 unspecified atom stereocenters. The van der Waals surface area contributed by atoms with E-state index in [-0.39, 0.29) is 16.6 Å². The molecule has 0 aliphatic rings. The summed E-state index contributed by atoms with van der Waals surface area (Å²) in [6, 6.07) is 27.5. The van der Waals surface area contributed by atoms with Crippen LogP contribution in [0.2, 0.25) is 0 Å². The molecule has 0 saturated heterocycles. The highest BCUT2D eigenvalue weighted by Gasteiger charge is 2.45. The first-order valence-corrected chi connectivity index (χ1v) is 14.2. The Balaban J connectivity index is 2.10. The average Bonchev–Trinajstić information content (AvgIpc) is 2.83. The number of hydrogen-bond donors (Lipinski definition) is 2. The molecule has 0 spiro atoms. The topological polar surface area (TPSA) is 49.3 Å². The van der Waals surface area contributed by atoms with E-state index >= 15 is 0 Å². The van der Waals surface area contributed by atoms with Crippen LogP contribution in [0.5, 0.6) is 0 Å². The molecule has 3 aromatic rings. The van der Waals surface area contributed by atoms with Gasteiger partial charge in [-0.25, -0.2) is 4.89 Å². The van der Waals surface area contributed by atoms with Gasteiger partial charge in [0.1, 0.15) is 10.6 Å². The summed E-state index contributed by atoms with van der Waals surface area (Å²) in [6.45, 7) is 12.6. The molecule has 0 amide bonds. The van der Waals surface area contributed by atoms with Gasteiger partial charge in [0.25, 0.3) is 0 Å². The molecule has 0 fully saturated rings. The highest BCUT2D eigenvalue weighted by atomic mass is 31.2. The maximum absolute atomic E-state index is 13.2. The number of para-hydroxylation sites is 1. The first-order chi connectivity index (χ1) is 16.9. The summed E-state index contributed by atoms with van der Waals surface area (Å²) in [7, 11) is -2.92. The molecule has 36 heavy (non-hydrogen) atoms. The second kappa shape index (κ2) is 11.4. The fraction of sp³-hybridized carbons (Fsp3) is 0.281. The maximum atomic E-state index is 13.2. The molecule has 0 radical (unpaired) electrons. The van der Waals surface area contributed by atoms with Crippen LogP contribution in [0.4, 0.5) is 5.69 Å². The van der Waals surface area contributed by atoms with Gasteiger partial charge in [-0.15, -0.1) is 0 Å². The largest absolute Gasteiger partial charge is 0.358 e. The van der Waals surface area contributed by atoms with Crippen LogP contribution in [0.3, 0.4) is 0 Å². The van der Waals surface area contributed by atoms with Crippen LogP contribution in [-0.4, -0.2) is 10.7 Å². The Hall–Kier alpha value is -3.00. The first-order valence-electron chi connectivity index (χ1n) is 12.4. The molecular formula is C32H39NO2P+. The maximum Gasteiger partial charge on any atom is 0.240 e. The van der Waals surface area contributed by atoms with Crippen LogP contribution in [-0.2, 0) is 4.79 Å². The summed E-state index contributed by atoms with van der Waals surface area (Å²) >= 11 is 0. The van der Waals surface area contributed by atoms with Gasteiger partial charge in [-0.2, -0.15) is 0 Å². The van der Waals surface area contributed by atoms with Gasteiger partial charge in [-0.1, -0.05) is 102 Å². The molecule has 188 valence electrons. The van der Waals surface area contributed by atoms with Gasteiger partial charge in [0.2, 0.25) is 7.49 Å².